The number of hydrogen-bond donors (Lipinski definition) is 14. The van der Waals surface area contributed by atoms with Gasteiger partial charge in [-0.15, -0.1) is 0 Å². The van der Waals surface area contributed by atoms with Gasteiger partial charge in [0.2, 0.25) is 59.1 Å². The van der Waals surface area contributed by atoms with Crippen LogP contribution in [0.5, 0.6) is 5.75 Å². The van der Waals surface area contributed by atoms with Crippen molar-refractivity contribution in [2.75, 3.05) is 39.3 Å². The summed E-state index contributed by atoms with van der Waals surface area (Å²) < 4.78 is 14.1. The lowest BCUT2D eigenvalue weighted by Gasteiger charge is -2.30. The Hall–Kier alpha value is -9.93. The fourth-order valence-electron chi connectivity index (χ4n) is 11.5. The molecular weight excluding hydrogens is 1230 g/mol. The highest BCUT2D eigenvalue weighted by molar-refractivity contribution is 5.99. The van der Waals surface area contributed by atoms with E-state index in [1.807, 2.05) is 30.3 Å². The predicted octanol–water partition coefficient (Wildman–Crippen LogP) is -0.610. The second-order valence-corrected chi connectivity index (χ2v) is 24.2. The third-order valence-electron chi connectivity index (χ3n) is 16.3. The summed E-state index contributed by atoms with van der Waals surface area (Å²) in [5, 5.41) is 44.3. The summed E-state index contributed by atoms with van der Waals surface area (Å²) in [6.07, 6.45) is 1.41. The largest absolute Gasteiger partial charge is 0.508 e. The summed E-state index contributed by atoms with van der Waals surface area (Å²) >= 11 is 0. The summed E-state index contributed by atoms with van der Waals surface area (Å²) in [7, 11) is 0. The van der Waals surface area contributed by atoms with Gasteiger partial charge in [0.25, 0.3) is 0 Å². The molecule has 4 aromatic carbocycles. The van der Waals surface area contributed by atoms with E-state index in [4.69, 9.17) is 22.9 Å². The SMILES string of the molecule is CCNC(=O)[C@@H]1CCCN1C(=O)[C@H](CCCN=C(N)N)NC(=O)[C@H](CC(C)C)NC(=O)[C@@H](CCCN=C(N)N)NC(=O)[C@H](Cc1ccc(O)cc1)NC(=O)[C@H](CO)NC(=O)[C@@H](Cc1ccc2ccccc2c1)NC(=O)[C@@H](Cc1ccc(F)cc1)NC(=O)[C@@H]1CCCN1C(C)=O. The number of phenols is 1. The van der Waals surface area contributed by atoms with E-state index in [-0.39, 0.29) is 106 Å². The van der Waals surface area contributed by atoms with Crippen LogP contribution in [0.3, 0.4) is 0 Å². The third kappa shape index (κ3) is 23.0. The van der Waals surface area contributed by atoms with Crippen molar-refractivity contribution in [2.45, 2.75) is 159 Å². The van der Waals surface area contributed by atoms with E-state index in [0.29, 0.717) is 55.5 Å². The number of benzene rings is 4. The molecule has 10 amide bonds. The molecule has 0 radical (unpaired) electrons. The van der Waals surface area contributed by atoms with Gasteiger partial charge in [0.05, 0.1) is 6.61 Å². The van der Waals surface area contributed by atoms with Crippen molar-refractivity contribution in [3.05, 3.63) is 114 Å². The first-order valence-corrected chi connectivity index (χ1v) is 32.0. The summed E-state index contributed by atoms with van der Waals surface area (Å²) in [5.41, 5.74) is 23.7. The molecule has 9 atom stereocenters. The Kier molecular flexibility index (Phi) is 28.5. The number of rotatable bonds is 34. The molecule has 0 unspecified atom stereocenters. The number of fused-ring (bicyclic) bond motifs is 1. The maximum atomic E-state index is 14.9. The number of aliphatic imine (C=N–C) groups is 2. The monoisotopic (exact) mass is 1320 g/mol. The number of aromatic hydroxyl groups is 1. The predicted molar refractivity (Wildman–Crippen MR) is 353 cm³/mol. The molecule has 28 nitrogen and oxygen atoms in total. The fraction of sp³-hybridized carbons (Fsp3) is 0.485. The number of hydrogen-bond acceptors (Lipinski definition) is 14. The van der Waals surface area contributed by atoms with Gasteiger partial charge in [0.15, 0.2) is 11.9 Å². The molecule has 18 N–H and O–H groups in total. The molecule has 29 heteroatoms. The number of guanidine groups is 2. The van der Waals surface area contributed by atoms with Gasteiger partial charge >= 0.3 is 0 Å². The van der Waals surface area contributed by atoms with Gasteiger partial charge in [0, 0.05) is 58.9 Å². The minimum absolute atomic E-state index is 0.00690. The highest BCUT2D eigenvalue weighted by Crippen LogP contribution is 2.23. The fourth-order valence-corrected chi connectivity index (χ4v) is 11.5. The highest BCUT2D eigenvalue weighted by atomic mass is 19.1. The number of halogens is 1. The Balaban J connectivity index is 1.27. The van der Waals surface area contributed by atoms with Gasteiger partial charge < -0.3 is 85.5 Å². The number of likely N-dealkylation sites (tertiary alicyclic amines) is 2. The first-order chi connectivity index (χ1) is 45.3. The molecule has 0 aliphatic carbocycles. The first kappa shape index (κ1) is 74.1. The highest BCUT2D eigenvalue weighted by Gasteiger charge is 2.40. The summed E-state index contributed by atoms with van der Waals surface area (Å²) in [6, 6.07) is 11.6. The number of nitrogens with one attached hydrogen (secondary N) is 8. The average Bonchev–Trinajstić information content (AvgIpc) is 1.86. The quantitative estimate of drug-likeness (QED) is 0.0158. The Morgan fingerprint density at radius 3 is 1.54 bits per heavy atom. The lowest BCUT2D eigenvalue weighted by atomic mass is 9.99. The van der Waals surface area contributed by atoms with Crippen LogP contribution >= 0.6 is 0 Å². The number of aliphatic hydroxyl groups is 1. The van der Waals surface area contributed by atoms with Crippen molar-refractivity contribution >= 4 is 81.8 Å². The number of nitrogens with two attached hydrogens (primary N) is 4. The molecule has 4 aromatic rings. The van der Waals surface area contributed by atoms with Crippen LogP contribution in [0.4, 0.5) is 4.39 Å². The summed E-state index contributed by atoms with van der Waals surface area (Å²) in [6.45, 7) is 6.65. The molecule has 0 spiro atoms. The third-order valence-corrected chi connectivity index (χ3v) is 16.3. The van der Waals surface area contributed by atoms with Gasteiger partial charge in [-0.05, 0) is 122 Å². The molecule has 95 heavy (non-hydrogen) atoms. The average molecular weight is 1320 g/mol. The molecule has 2 heterocycles. The zero-order valence-corrected chi connectivity index (χ0v) is 54.1. The molecule has 2 saturated heterocycles. The van der Waals surface area contributed by atoms with Gasteiger partial charge in [-0.25, -0.2) is 4.39 Å². The molecule has 514 valence electrons. The van der Waals surface area contributed by atoms with Crippen LogP contribution < -0.4 is 65.5 Å². The van der Waals surface area contributed by atoms with E-state index < -0.39 is 114 Å². The minimum atomic E-state index is -1.82. The maximum absolute atomic E-state index is 14.9. The van der Waals surface area contributed by atoms with Crippen LogP contribution in [0.2, 0.25) is 0 Å². The number of amides is 10. The number of nitrogens with zero attached hydrogens (tertiary/aromatic N) is 4. The standard InChI is InChI=1S/C66H91FN16O12/c1-5-72-62(93)54-16-11-31-83(54)64(95)48(15-9-29-74-66(70)71)76-57(88)49(32-38(2)3)77-56(87)47(14-8-28-73-65(68)69)75-58(89)50(35-41-21-26-46(86)27-22-41)79-61(92)53(37-84)81-60(91)52(36-42-18-23-43-12-6-7-13-44(43)33-42)78-59(90)51(34-40-19-24-45(67)25-20-40)80-63(94)55-17-10-30-82(55)39(4)85/h6-7,12-13,18-27,33,38,47-55,84,86H,5,8-11,14-17,28-32,34-37H2,1-4H3,(H,72,93)(H,75,89)(H,76,88)(H,77,87)(H,78,90)(H,79,92)(H,80,94)(H,81,91)(H4,68,69,73)(H4,70,71,74)/t47-,48+,49+,50+,51-,52-,53+,54+,55+/m1/s1. The zero-order chi connectivity index (χ0) is 69.3. The van der Waals surface area contributed by atoms with Crippen LogP contribution in [-0.4, -0.2) is 185 Å². The van der Waals surface area contributed by atoms with Crippen molar-refractivity contribution in [2.24, 2.45) is 38.8 Å². The molecule has 2 aliphatic rings. The van der Waals surface area contributed by atoms with E-state index in [1.54, 1.807) is 32.9 Å². The lowest BCUT2D eigenvalue weighted by Crippen LogP contribution is -2.61. The first-order valence-electron chi connectivity index (χ1n) is 32.0. The van der Waals surface area contributed by atoms with Crippen molar-refractivity contribution < 1.29 is 62.5 Å². The topological polar surface area (TPSA) is 443 Å². The van der Waals surface area contributed by atoms with Gasteiger partial charge in [-0.1, -0.05) is 80.6 Å². The molecule has 0 bridgehead atoms. The normalized spacial score (nSPS) is 16.5. The van der Waals surface area contributed by atoms with Crippen LogP contribution in [0.25, 0.3) is 10.8 Å². The molecule has 6 rings (SSSR count). The Labute approximate surface area is 551 Å². The molecule has 0 saturated carbocycles. The van der Waals surface area contributed by atoms with Crippen LogP contribution in [-0.2, 0) is 67.2 Å². The van der Waals surface area contributed by atoms with E-state index in [0.717, 1.165) is 10.8 Å². The number of carbonyl (C=O) groups is 10. The Morgan fingerprint density at radius 1 is 0.547 bits per heavy atom. The summed E-state index contributed by atoms with van der Waals surface area (Å²) in [5.74, 6) is -8.68. The van der Waals surface area contributed by atoms with Gasteiger partial charge in [0.1, 0.15) is 65.9 Å². The van der Waals surface area contributed by atoms with Crippen LogP contribution in [0, 0.1) is 11.7 Å². The molecule has 2 aliphatic heterocycles. The second-order valence-electron chi connectivity index (χ2n) is 24.2. The number of likely N-dealkylation sites (N-methyl/N-ethyl adjacent to an activating group) is 1. The lowest BCUT2D eigenvalue weighted by molar-refractivity contribution is -0.142. The van der Waals surface area contributed by atoms with E-state index >= 15 is 0 Å². The van der Waals surface area contributed by atoms with Crippen LogP contribution in [0.15, 0.2) is 101 Å². The second kappa shape index (κ2) is 36.5. The van der Waals surface area contributed by atoms with E-state index in [9.17, 15) is 62.5 Å². The smallest absolute Gasteiger partial charge is 0.245 e. The Morgan fingerprint density at radius 2 is 0.989 bits per heavy atom. The minimum Gasteiger partial charge on any atom is -0.508 e. The zero-order valence-electron chi connectivity index (χ0n) is 54.1. The Bertz CT molecular complexity index is 3380. The van der Waals surface area contributed by atoms with Crippen LogP contribution in [0.1, 0.15) is 102 Å². The van der Waals surface area contributed by atoms with Crippen molar-refractivity contribution in [3.8, 4) is 5.75 Å². The number of aliphatic hydroxyl groups excluding tert-OH is 1. The molecule has 2 fully saturated rings. The molecule has 0 aromatic heterocycles. The van der Waals surface area contributed by atoms with Gasteiger partial charge in [-0.3, -0.25) is 57.9 Å². The van der Waals surface area contributed by atoms with E-state index in [1.165, 1.54) is 65.3 Å². The maximum Gasteiger partial charge on any atom is 0.245 e. The van der Waals surface area contributed by atoms with E-state index in [2.05, 4.69) is 52.5 Å². The van der Waals surface area contributed by atoms with Crippen molar-refractivity contribution in [3.63, 3.8) is 0 Å². The van der Waals surface area contributed by atoms with Gasteiger partial charge in [-0.2, -0.15) is 0 Å². The number of carbonyl (C=O) groups excluding carboxylic acids is 10. The van der Waals surface area contributed by atoms with Crippen molar-refractivity contribution in [1.29, 1.82) is 0 Å². The molecular formula is C66H91FN16O12. The van der Waals surface area contributed by atoms with Crippen molar-refractivity contribution in [1.82, 2.24) is 52.3 Å². The number of phenolic OH excluding ortho intramolecular Hbond substituents is 1. The summed E-state index contributed by atoms with van der Waals surface area (Å²) in [4.78, 5) is 153.